The lowest BCUT2D eigenvalue weighted by Crippen LogP contribution is -2.53. The van der Waals surface area contributed by atoms with E-state index in [-0.39, 0.29) is 29.6 Å². The van der Waals surface area contributed by atoms with Gasteiger partial charge in [-0.25, -0.2) is 15.0 Å². The first-order chi connectivity index (χ1) is 13.3. The number of hydrogen-bond donors (Lipinski definition) is 2. The SMILES string of the molecule is CNC(=O)c1cc(-c2cc([C@@H]3CNC[C@@H](C)N3C(C)=O)cc(Cl)n2)nc(C)n1. The molecule has 28 heavy (non-hydrogen) atoms. The topological polar surface area (TPSA) is 100 Å². The lowest BCUT2D eigenvalue weighted by Gasteiger charge is -2.41. The standard InChI is InChI=1S/C19H23ClN6O2/c1-10-8-22-9-17(26(10)12(3)27)13-5-14(25-18(20)6-13)15-7-16(19(28)21-4)24-11(2)23-15/h5-7,10,17,22H,8-9H2,1-4H3,(H,21,28)/t10-,17+/m1/s1. The molecule has 0 aromatic carbocycles. The average Bonchev–Trinajstić information content (AvgIpc) is 2.65. The number of aromatic nitrogens is 3. The number of carbonyl (C=O) groups is 2. The summed E-state index contributed by atoms with van der Waals surface area (Å²) in [6.45, 7) is 6.65. The van der Waals surface area contributed by atoms with Crippen LogP contribution in [0.5, 0.6) is 0 Å². The smallest absolute Gasteiger partial charge is 0.269 e. The molecule has 148 valence electrons. The predicted octanol–water partition coefficient (Wildman–Crippen LogP) is 1.74. The number of carbonyl (C=O) groups excluding carboxylic acids is 2. The van der Waals surface area contributed by atoms with Crippen molar-refractivity contribution in [3.8, 4) is 11.4 Å². The van der Waals surface area contributed by atoms with Crippen molar-refractivity contribution in [2.75, 3.05) is 20.1 Å². The molecule has 1 saturated heterocycles. The van der Waals surface area contributed by atoms with E-state index < -0.39 is 0 Å². The summed E-state index contributed by atoms with van der Waals surface area (Å²) < 4.78 is 0. The first kappa shape index (κ1) is 20.2. The molecule has 1 aliphatic heterocycles. The van der Waals surface area contributed by atoms with Gasteiger partial charge in [0.15, 0.2) is 0 Å². The zero-order valence-corrected chi connectivity index (χ0v) is 17.0. The molecule has 3 rings (SSSR count). The minimum Gasteiger partial charge on any atom is -0.354 e. The van der Waals surface area contributed by atoms with Gasteiger partial charge in [-0.15, -0.1) is 0 Å². The average molecular weight is 403 g/mol. The number of rotatable bonds is 3. The molecule has 2 atom stereocenters. The van der Waals surface area contributed by atoms with E-state index in [0.29, 0.717) is 28.9 Å². The number of amides is 2. The van der Waals surface area contributed by atoms with Crippen LogP contribution in [0.3, 0.4) is 0 Å². The van der Waals surface area contributed by atoms with Gasteiger partial charge in [-0.3, -0.25) is 9.59 Å². The van der Waals surface area contributed by atoms with Gasteiger partial charge in [0.1, 0.15) is 16.7 Å². The molecule has 3 heterocycles. The maximum Gasteiger partial charge on any atom is 0.269 e. The predicted molar refractivity (Wildman–Crippen MR) is 106 cm³/mol. The van der Waals surface area contributed by atoms with Gasteiger partial charge in [0.25, 0.3) is 5.91 Å². The summed E-state index contributed by atoms with van der Waals surface area (Å²) in [5.41, 5.74) is 2.15. The van der Waals surface area contributed by atoms with E-state index in [2.05, 4.69) is 25.6 Å². The van der Waals surface area contributed by atoms with E-state index in [9.17, 15) is 9.59 Å². The molecule has 8 nitrogen and oxygen atoms in total. The van der Waals surface area contributed by atoms with E-state index in [4.69, 9.17) is 11.6 Å². The summed E-state index contributed by atoms with van der Waals surface area (Å²) in [5, 5.41) is 6.21. The molecular weight excluding hydrogens is 380 g/mol. The summed E-state index contributed by atoms with van der Waals surface area (Å²) in [7, 11) is 1.54. The van der Waals surface area contributed by atoms with E-state index in [1.165, 1.54) is 0 Å². The fraction of sp³-hybridized carbons (Fsp3) is 0.421. The van der Waals surface area contributed by atoms with Crippen LogP contribution >= 0.6 is 11.6 Å². The third kappa shape index (κ3) is 4.13. The van der Waals surface area contributed by atoms with Crippen molar-refractivity contribution in [3.05, 3.63) is 40.4 Å². The lowest BCUT2D eigenvalue weighted by molar-refractivity contribution is -0.134. The Morgan fingerprint density at radius 2 is 1.89 bits per heavy atom. The molecule has 0 radical (unpaired) electrons. The first-order valence-electron chi connectivity index (χ1n) is 9.05. The molecule has 1 aliphatic rings. The Morgan fingerprint density at radius 1 is 1.18 bits per heavy atom. The molecule has 2 aromatic rings. The molecule has 2 aromatic heterocycles. The van der Waals surface area contributed by atoms with Crippen molar-refractivity contribution in [2.24, 2.45) is 0 Å². The van der Waals surface area contributed by atoms with Gasteiger partial charge in [-0.2, -0.15) is 0 Å². The quantitative estimate of drug-likeness (QED) is 0.758. The Hall–Kier alpha value is -2.58. The van der Waals surface area contributed by atoms with Crippen LogP contribution in [0.1, 0.15) is 41.8 Å². The summed E-state index contributed by atoms with van der Waals surface area (Å²) in [4.78, 5) is 39.0. The fourth-order valence-corrected chi connectivity index (χ4v) is 3.74. The monoisotopic (exact) mass is 402 g/mol. The van der Waals surface area contributed by atoms with Gasteiger partial charge in [0.2, 0.25) is 5.91 Å². The summed E-state index contributed by atoms with van der Waals surface area (Å²) in [6, 6.07) is 5.11. The van der Waals surface area contributed by atoms with E-state index in [1.807, 2.05) is 17.9 Å². The Balaban J connectivity index is 2.06. The van der Waals surface area contributed by atoms with Crippen LogP contribution in [0.2, 0.25) is 5.15 Å². The Kier molecular flexibility index (Phi) is 5.90. The Morgan fingerprint density at radius 3 is 2.57 bits per heavy atom. The van der Waals surface area contributed by atoms with Gasteiger partial charge >= 0.3 is 0 Å². The van der Waals surface area contributed by atoms with Crippen molar-refractivity contribution >= 4 is 23.4 Å². The molecule has 2 N–H and O–H groups in total. The molecule has 0 bridgehead atoms. The van der Waals surface area contributed by atoms with Crippen LogP contribution in [0.25, 0.3) is 11.4 Å². The molecule has 2 amide bonds. The zero-order chi connectivity index (χ0) is 20.4. The maximum atomic E-state index is 12.2. The molecule has 9 heteroatoms. The molecule has 0 spiro atoms. The second-order valence-corrected chi connectivity index (χ2v) is 7.21. The van der Waals surface area contributed by atoms with E-state index in [0.717, 1.165) is 12.1 Å². The minimum absolute atomic E-state index is 0.00766. The normalized spacial score (nSPS) is 19.4. The highest BCUT2D eigenvalue weighted by Crippen LogP contribution is 2.30. The number of halogens is 1. The van der Waals surface area contributed by atoms with Gasteiger partial charge in [0, 0.05) is 33.1 Å². The van der Waals surface area contributed by atoms with Crippen LogP contribution in [0.15, 0.2) is 18.2 Å². The molecular formula is C19H23ClN6O2. The second kappa shape index (κ2) is 8.20. The van der Waals surface area contributed by atoms with Crippen molar-refractivity contribution in [1.29, 1.82) is 0 Å². The van der Waals surface area contributed by atoms with Crippen molar-refractivity contribution in [1.82, 2.24) is 30.5 Å². The number of hydrogen-bond acceptors (Lipinski definition) is 6. The molecule has 0 aliphatic carbocycles. The first-order valence-corrected chi connectivity index (χ1v) is 9.43. The number of aryl methyl sites for hydroxylation is 1. The Labute approximate surface area is 168 Å². The maximum absolute atomic E-state index is 12.2. The van der Waals surface area contributed by atoms with Crippen LogP contribution in [-0.4, -0.2) is 57.8 Å². The van der Waals surface area contributed by atoms with E-state index in [1.54, 1.807) is 33.0 Å². The van der Waals surface area contributed by atoms with Crippen molar-refractivity contribution in [2.45, 2.75) is 32.9 Å². The second-order valence-electron chi connectivity index (χ2n) is 6.82. The molecule has 0 unspecified atom stereocenters. The van der Waals surface area contributed by atoms with Gasteiger partial charge < -0.3 is 15.5 Å². The summed E-state index contributed by atoms with van der Waals surface area (Å²) in [6.07, 6.45) is 0. The zero-order valence-electron chi connectivity index (χ0n) is 16.3. The van der Waals surface area contributed by atoms with Crippen molar-refractivity contribution in [3.63, 3.8) is 0 Å². The summed E-state index contributed by atoms with van der Waals surface area (Å²) >= 11 is 6.29. The van der Waals surface area contributed by atoms with Gasteiger partial charge in [-0.05, 0) is 37.6 Å². The molecule has 0 saturated carbocycles. The summed E-state index contributed by atoms with van der Waals surface area (Å²) in [5.74, 6) is 0.160. The Bertz CT molecular complexity index is 919. The van der Waals surface area contributed by atoms with Gasteiger partial charge in [-0.1, -0.05) is 11.6 Å². The highest BCUT2D eigenvalue weighted by molar-refractivity contribution is 6.29. The van der Waals surface area contributed by atoms with Crippen LogP contribution in [0.4, 0.5) is 0 Å². The number of piperazine rings is 1. The lowest BCUT2D eigenvalue weighted by atomic mass is 10.00. The largest absolute Gasteiger partial charge is 0.354 e. The minimum atomic E-state index is -0.304. The highest BCUT2D eigenvalue weighted by atomic mass is 35.5. The van der Waals surface area contributed by atoms with E-state index >= 15 is 0 Å². The van der Waals surface area contributed by atoms with Crippen LogP contribution in [0, 0.1) is 6.92 Å². The highest BCUT2D eigenvalue weighted by Gasteiger charge is 2.31. The third-order valence-corrected chi connectivity index (χ3v) is 4.91. The van der Waals surface area contributed by atoms with Crippen LogP contribution in [-0.2, 0) is 4.79 Å². The van der Waals surface area contributed by atoms with Crippen LogP contribution < -0.4 is 10.6 Å². The number of pyridine rings is 1. The molecule has 1 fully saturated rings. The number of nitrogens with one attached hydrogen (secondary N) is 2. The fourth-order valence-electron chi connectivity index (χ4n) is 3.52. The van der Waals surface area contributed by atoms with Crippen molar-refractivity contribution < 1.29 is 9.59 Å². The number of nitrogens with zero attached hydrogens (tertiary/aromatic N) is 4. The third-order valence-electron chi connectivity index (χ3n) is 4.71. The van der Waals surface area contributed by atoms with Gasteiger partial charge in [0.05, 0.1) is 17.4 Å².